The average Bonchev–Trinajstić information content (AvgIpc) is 2.32. The molecule has 1 heterocycles. The van der Waals surface area contributed by atoms with Crippen LogP contribution in [0.1, 0.15) is 24.3 Å². The van der Waals surface area contributed by atoms with Crippen LogP contribution in [0.25, 0.3) is 11.4 Å². The second-order valence-corrected chi connectivity index (χ2v) is 4.89. The van der Waals surface area contributed by atoms with Crippen molar-refractivity contribution in [1.82, 2.24) is 9.97 Å². The van der Waals surface area contributed by atoms with Gasteiger partial charge in [0.1, 0.15) is 5.82 Å². The van der Waals surface area contributed by atoms with Gasteiger partial charge in [0.2, 0.25) is 0 Å². The van der Waals surface area contributed by atoms with Crippen molar-refractivity contribution in [2.24, 2.45) is 0 Å². The molecule has 0 amide bonds. The Bertz CT molecular complexity index is 587. The first-order chi connectivity index (χ1) is 8.49. The number of benzene rings is 1. The third kappa shape index (κ3) is 2.57. The van der Waals surface area contributed by atoms with Crippen molar-refractivity contribution in [2.45, 2.75) is 20.0 Å². The molecule has 0 fully saturated rings. The molecule has 5 heteroatoms. The number of hydrogen-bond acceptors (Lipinski definition) is 3. The molecule has 2 rings (SSSR count). The minimum atomic E-state index is -0.598. The van der Waals surface area contributed by atoms with Gasteiger partial charge in [-0.1, -0.05) is 0 Å². The molecule has 2 aromatic rings. The third-order valence-electron chi connectivity index (χ3n) is 2.65. The number of aliphatic hydroxyl groups excluding tert-OH is 1. The lowest BCUT2D eigenvalue weighted by atomic mass is 10.1. The van der Waals surface area contributed by atoms with Crippen LogP contribution in [-0.4, -0.2) is 15.1 Å². The van der Waals surface area contributed by atoms with Crippen LogP contribution < -0.4 is 0 Å². The molecule has 1 aromatic carbocycles. The number of aliphatic hydroxyl groups is 1. The fraction of sp³-hybridized carbons (Fsp3) is 0.231. The largest absolute Gasteiger partial charge is 0.389 e. The molecule has 1 aromatic heterocycles. The fourth-order valence-corrected chi connectivity index (χ4v) is 2.04. The minimum absolute atomic E-state index is 0.323. The van der Waals surface area contributed by atoms with E-state index in [0.717, 1.165) is 11.3 Å². The Hall–Kier alpha value is -1.33. The first kappa shape index (κ1) is 13.1. The number of nitrogens with zero attached hydrogens (tertiary/aromatic N) is 2. The summed E-state index contributed by atoms with van der Waals surface area (Å²) in [4.78, 5) is 8.51. The molecular weight excluding hydrogens is 299 g/mol. The lowest BCUT2D eigenvalue weighted by Gasteiger charge is -2.09. The van der Waals surface area contributed by atoms with Crippen LogP contribution in [0, 0.1) is 12.7 Å². The van der Waals surface area contributed by atoms with E-state index in [9.17, 15) is 9.50 Å². The lowest BCUT2D eigenvalue weighted by molar-refractivity contribution is 0.197. The van der Waals surface area contributed by atoms with E-state index in [1.165, 1.54) is 6.07 Å². The Labute approximate surface area is 113 Å². The molecule has 0 spiro atoms. The van der Waals surface area contributed by atoms with Gasteiger partial charge in [-0.2, -0.15) is 0 Å². The van der Waals surface area contributed by atoms with Crippen molar-refractivity contribution in [2.75, 3.05) is 0 Å². The number of hydrogen-bond donors (Lipinski definition) is 1. The highest BCUT2D eigenvalue weighted by Crippen LogP contribution is 2.24. The zero-order valence-electron chi connectivity index (χ0n) is 9.98. The van der Waals surface area contributed by atoms with E-state index in [0.29, 0.717) is 15.9 Å². The van der Waals surface area contributed by atoms with Gasteiger partial charge < -0.3 is 5.11 Å². The van der Waals surface area contributed by atoms with Crippen molar-refractivity contribution >= 4 is 15.9 Å². The van der Waals surface area contributed by atoms with E-state index in [4.69, 9.17) is 0 Å². The summed E-state index contributed by atoms with van der Waals surface area (Å²) < 4.78 is 13.5. The van der Waals surface area contributed by atoms with Crippen molar-refractivity contribution in [3.05, 3.63) is 45.9 Å². The molecular formula is C13H12BrFN2O. The van der Waals surface area contributed by atoms with Gasteiger partial charge in [0.15, 0.2) is 5.82 Å². The topological polar surface area (TPSA) is 46.0 Å². The molecule has 0 saturated carbocycles. The number of aryl methyl sites for hydroxylation is 1. The summed E-state index contributed by atoms with van der Waals surface area (Å²) >= 11 is 3.13. The first-order valence-electron chi connectivity index (χ1n) is 5.46. The summed E-state index contributed by atoms with van der Waals surface area (Å²) in [5.74, 6) is 0.189. The Kier molecular flexibility index (Phi) is 3.73. The minimum Gasteiger partial charge on any atom is -0.389 e. The van der Waals surface area contributed by atoms with E-state index in [1.807, 2.05) is 6.92 Å². The highest BCUT2D eigenvalue weighted by Gasteiger charge is 2.10. The molecule has 3 nitrogen and oxygen atoms in total. The second-order valence-electron chi connectivity index (χ2n) is 4.04. The van der Waals surface area contributed by atoms with E-state index < -0.39 is 6.10 Å². The summed E-state index contributed by atoms with van der Waals surface area (Å²) in [5.41, 5.74) is 2.14. The summed E-state index contributed by atoms with van der Waals surface area (Å²) in [5, 5.41) is 9.51. The van der Waals surface area contributed by atoms with E-state index >= 15 is 0 Å². The van der Waals surface area contributed by atoms with Gasteiger partial charge in [0.05, 0.1) is 10.6 Å². The Morgan fingerprint density at radius 2 is 2.11 bits per heavy atom. The second kappa shape index (κ2) is 5.12. The molecule has 0 aliphatic rings. The normalized spacial score (nSPS) is 12.5. The summed E-state index contributed by atoms with van der Waals surface area (Å²) in [6.45, 7) is 3.48. The van der Waals surface area contributed by atoms with Crippen LogP contribution in [-0.2, 0) is 0 Å². The monoisotopic (exact) mass is 310 g/mol. The van der Waals surface area contributed by atoms with Crippen molar-refractivity contribution in [3.8, 4) is 11.4 Å². The van der Waals surface area contributed by atoms with Crippen LogP contribution >= 0.6 is 15.9 Å². The molecule has 0 bridgehead atoms. The zero-order chi connectivity index (χ0) is 13.3. The third-order valence-corrected chi connectivity index (χ3v) is 3.25. The van der Waals surface area contributed by atoms with Crippen LogP contribution in [0.4, 0.5) is 4.39 Å². The standard InChI is InChI=1S/C13H12BrFN2O/c1-7-10(8(2)18)6-16-13(17-7)9-3-4-12(15)11(14)5-9/h3-6,8,18H,1-2H3/t8-/m1/s1. The zero-order valence-corrected chi connectivity index (χ0v) is 11.6. The first-order valence-corrected chi connectivity index (χ1v) is 6.25. The summed E-state index contributed by atoms with van der Waals surface area (Å²) in [6.07, 6.45) is 0.999. The predicted molar refractivity (Wildman–Crippen MR) is 70.5 cm³/mol. The van der Waals surface area contributed by atoms with Gasteiger partial charge >= 0.3 is 0 Å². The van der Waals surface area contributed by atoms with Crippen molar-refractivity contribution < 1.29 is 9.50 Å². The Morgan fingerprint density at radius 3 is 2.67 bits per heavy atom. The molecule has 0 unspecified atom stereocenters. The number of rotatable bonds is 2. The van der Waals surface area contributed by atoms with E-state index in [-0.39, 0.29) is 5.82 Å². The molecule has 0 radical (unpaired) electrons. The van der Waals surface area contributed by atoms with Crippen LogP contribution in [0.5, 0.6) is 0 Å². The van der Waals surface area contributed by atoms with E-state index in [2.05, 4.69) is 25.9 Å². The summed E-state index contributed by atoms with van der Waals surface area (Å²) in [7, 11) is 0. The van der Waals surface area contributed by atoms with E-state index in [1.54, 1.807) is 25.3 Å². The quantitative estimate of drug-likeness (QED) is 0.924. The lowest BCUT2D eigenvalue weighted by Crippen LogP contribution is -2.01. The maximum Gasteiger partial charge on any atom is 0.159 e. The van der Waals surface area contributed by atoms with Gasteiger partial charge in [-0.3, -0.25) is 0 Å². The number of aromatic nitrogens is 2. The van der Waals surface area contributed by atoms with Crippen LogP contribution in [0.2, 0.25) is 0 Å². The average molecular weight is 311 g/mol. The Morgan fingerprint density at radius 1 is 1.39 bits per heavy atom. The van der Waals surface area contributed by atoms with Crippen molar-refractivity contribution in [1.29, 1.82) is 0 Å². The maximum absolute atomic E-state index is 13.1. The molecule has 1 N–H and O–H groups in total. The summed E-state index contributed by atoms with van der Waals surface area (Å²) in [6, 6.07) is 4.61. The molecule has 1 atom stereocenters. The van der Waals surface area contributed by atoms with Gasteiger partial charge in [0, 0.05) is 23.0 Å². The van der Waals surface area contributed by atoms with Gasteiger partial charge in [-0.25, -0.2) is 14.4 Å². The molecule has 0 aliphatic carbocycles. The fourth-order valence-electron chi connectivity index (χ4n) is 1.66. The molecule has 18 heavy (non-hydrogen) atoms. The molecule has 0 saturated heterocycles. The predicted octanol–water partition coefficient (Wildman–Crippen LogP) is 3.41. The van der Waals surface area contributed by atoms with Gasteiger partial charge in [-0.15, -0.1) is 0 Å². The molecule has 0 aliphatic heterocycles. The smallest absolute Gasteiger partial charge is 0.159 e. The molecule has 94 valence electrons. The van der Waals surface area contributed by atoms with Crippen molar-refractivity contribution in [3.63, 3.8) is 0 Å². The highest BCUT2D eigenvalue weighted by molar-refractivity contribution is 9.10. The van der Waals surface area contributed by atoms with Gasteiger partial charge in [0.25, 0.3) is 0 Å². The Balaban J connectivity index is 2.45. The SMILES string of the molecule is Cc1nc(-c2ccc(F)c(Br)c2)ncc1[C@@H](C)O. The highest BCUT2D eigenvalue weighted by atomic mass is 79.9. The maximum atomic E-state index is 13.1. The van der Waals surface area contributed by atoms with Crippen LogP contribution in [0.15, 0.2) is 28.9 Å². The van der Waals surface area contributed by atoms with Crippen LogP contribution in [0.3, 0.4) is 0 Å². The number of halogens is 2. The van der Waals surface area contributed by atoms with Gasteiger partial charge in [-0.05, 0) is 48.0 Å².